The third kappa shape index (κ3) is 4.17. The third-order valence-corrected chi connectivity index (χ3v) is 4.67. The molecule has 1 aliphatic carbocycles. The first-order chi connectivity index (χ1) is 9.94. The molecule has 116 valence electrons. The Morgan fingerprint density at radius 1 is 1.48 bits per heavy atom. The molecular weight excluding hydrogens is 336 g/mol. The van der Waals surface area contributed by atoms with Crippen molar-refractivity contribution in [1.82, 2.24) is 9.88 Å². The van der Waals surface area contributed by atoms with E-state index in [9.17, 15) is 14.7 Å². The Labute approximate surface area is 132 Å². The van der Waals surface area contributed by atoms with E-state index in [1.165, 1.54) is 10.6 Å². The zero-order chi connectivity index (χ0) is 15.5. The maximum atomic E-state index is 12.2. The minimum absolute atomic E-state index is 0.0322. The lowest BCUT2D eigenvalue weighted by molar-refractivity contribution is -0.125. The number of aliphatic hydroxyl groups is 1. The summed E-state index contributed by atoms with van der Waals surface area (Å²) in [6.07, 6.45) is 5.15. The average molecular weight is 357 g/mol. The molecule has 2 N–H and O–H groups in total. The van der Waals surface area contributed by atoms with Crippen molar-refractivity contribution in [3.8, 4) is 0 Å². The van der Waals surface area contributed by atoms with E-state index in [-0.39, 0.29) is 24.6 Å². The predicted molar refractivity (Wildman–Crippen MR) is 84.0 cm³/mol. The van der Waals surface area contributed by atoms with Crippen LogP contribution in [0.2, 0.25) is 0 Å². The minimum Gasteiger partial charge on any atom is -0.394 e. The molecule has 1 amide bonds. The Bertz CT molecular complexity index is 562. The van der Waals surface area contributed by atoms with Gasteiger partial charge in [0.2, 0.25) is 5.91 Å². The van der Waals surface area contributed by atoms with E-state index in [2.05, 4.69) is 28.2 Å². The van der Waals surface area contributed by atoms with E-state index < -0.39 is 5.54 Å². The first-order valence-corrected chi connectivity index (χ1v) is 8.01. The van der Waals surface area contributed by atoms with Crippen molar-refractivity contribution >= 4 is 21.8 Å². The first kappa shape index (κ1) is 16.2. The topological polar surface area (TPSA) is 71.3 Å². The van der Waals surface area contributed by atoms with Crippen molar-refractivity contribution < 1.29 is 9.90 Å². The highest BCUT2D eigenvalue weighted by Gasteiger charge is 2.34. The summed E-state index contributed by atoms with van der Waals surface area (Å²) in [5.41, 5.74) is -0.747. The number of amides is 1. The van der Waals surface area contributed by atoms with Crippen molar-refractivity contribution in [1.29, 1.82) is 0 Å². The lowest BCUT2D eigenvalue weighted by Crippen LogP contribution is -2.54. The lowest BCUT2D eigenvalue weighted by atomic mass is 9.77. The van der Waals surface area contributed by atoms with Crippen LogP contribution in [-0.2, 0) is 11.3 Å². The molecule has 0 atom stereocenters. The minimum atomic E-state index is -0.529. The Kier molecular flexibility index (Phi) is 5.22. The highest BCUT2D eigenvalue weighted by atomic mass is 79.9. The number of nitrogens with zero attached hydrogens (tertiary/aromatic N) is 1. The Morgan fingerprint density at radius 3 is 2.76 bits per heavy atom. The van der Waals surface area contributed by atoms with Crippen LogP contribution in [-0.4, -0.2) is 27.7 Å². The largest absolute Gasteiger partial charge is 0.394 e. The van der Waals surface area contributed by atoms with Crippen LogP contribution in [0.1, 0.15) is 32.6 Å². The molecule has 0 bridgehead atoms. The van der Waals surface area contributed by atoms with E-state index in [4.69, 9.17) is 0 Å². The Morgan fingerprint density at radius 2 is 2.14 bits per heavy atom. The fourth-order valence-corrected chi connectivity index (χ4v) is 3.13. The number of hydrogen-bond acceptors (Lipinski definition) is 3. The molecule has 0 spiro atoms. The number of aromatic nitrogens is 1. The third-order valence-electron chi connectivity index (χ3n) is 4.20. The van der Waals surface area contributed by atoms with Crippen LogP contribution in [0, 0.1) is 5.92 Å². The van der Waals surface area contributed by atoms with Crippen LogP contribution >= 0.6 is 15.9 Å². The van der Waals surface area contributed by atoms with Gasteiger partial charge in [-0.05, 0) is 53.6 Å². The number of carbonyl (C=O) groups is 1. The maximum Gasteiger partial charge on any atom is 0.251 e. The summed E-state index contributed by atoms with van der Waals surface area (Å²) in [5, 5.41) is 12.6. The van der Waals surface area contributed by atoms with Crippen LogP contribution < -0.4 is 10.9 Å². The number of pyridine rings is 1. The molecule has 1 aliphatic rings. The van der Waals surface area contributed by atoms with Gasteiger partial charge in [0, 0.05) is 16.7 Å². The number of aliphatic hydroxyl groups excluding tert-OH is 1. The fraction of sp³-hybridized carbons (Fsp3) is 0.600. The number of rotatable bonds is 4. The zero-order valence-corrected chi connectivity index (χ0v) is 13.7. The zero-order valence-electron chi connectivity index (χ0n) is 12.1. The maximum absolute atomic E-state index is 12.2. The van der Waals surface area contributed by atoms with Gasteiger partial charge in [0.25, 0.3) is 5.56 Å². The number of hydrogen-bond donors (Lipinski definition) is 2. The van der Waals surface area contributed by atoms with Crippen LogP contribution in [0.25, 0.3) is 0 Å². The second-order valence-electron chi connectivity index (χ2n) is 5.98. The summed E-state index contributed by atoms with van der Waals surface area (Å²) in [6, 6.07) is 3.07. The summed E-state index contributed by atoms with van der Waals surface area (Å²) in [5.74, 6) is 0.396. The van der Waals surface area contributed by atoms with Gasteiger partial charge in [0.1, 0.15) is 6.54 Å². The van der Waals surface area contributed by atoms with E-state index >= 15 is 0 Å². The molecule has 2 rings (SSSR count). The molecule has 1 saturated carbocycles. The van der Waals surface area contributed by atoms with Gasteiger partial charge >= 0.3 is 0 Å². The number of halogens is 1. The molecule has 0 aromatic carbocycles. The van der Waals surface area contributed by atoms with Gasteiger partial charge in [-0.3, -0.25) is 9.59 Å². The van der Waals surface area contributed by atoms with Crippen LogP contribution in [0.3, 0.4) is 0 Å². The highest BCUT2D eigenvalue weighted by molar-refractivity contribution is 9.10. The molecule has 1 aromatic heterocycles. The molecule has 21 heavy (non-hydrogen) atoms. The molecule has 5 nitrogen and oxygen atoms in total. The van der Waals surface area contributed by atoms with Gasteiger partial charge in [0.15, 0.2) is 0 Å². The summed E-state index contributed by atoms with van der Waals surface area (Å²) < 4.78 is 2.11. The summed E-state index contributed by atoms with van der Waals surface area (Å²) in [7, 11) is 0. The predicted octanol–water partition coefficient (Wildman–Crippen LogP) is 1.67. The van der Waals surface area contributed by atoms with E-state index in [0.29, 0.717) is 5.92 Å². The van der Waals surface area contributed by atoms with Gasteiger partial charge in [-0.25, -0.2) is 0 Å². The van der Waals surface area contributed by atoms with Gasteiger partial charge in [-0.1, -0.05) is 6.92 Å². The van der Waals surface area contributed by atoms with Crippen molar-refractivity contribution in [3.05, 3.63) is 33.2 Å². The molecule has 0 saturated heterocycles. The Hall–Kier alpha value is -1.14. The number of nitrogens with one attached hydrogen (secondary N) is 1. The SMILES string of the molecule is CC1CCC(CO)(NC(=O)Cn2cc(Br)ccc2=O)CC1. The standard InChI is InChI=1S/C15H21BrN2O3/c1-11-4-6-15(10-19,7-5-11)17-13(20)9-18-8-12(16)2-3-14(18)21/h2-3,8,11,19H,4-7,9-10H2,1H3,(H,17,20). The van der Waals surface area contributed by atoms with Gasteiger partial charge < -0.3 is 15.0 Å². The van der Waals surface area contributed by atoms with Crippen LogP contribution in [0.4, 0.5) is 0 Å². The molecule has 1 aromatic rings. The monoisotopic (exact) mass is 356 g/mol. The lowest BCUT2D eigenvalue weighted by Gasteiger charge is -2.38. The van der Waals surface area contributed by atoms with Crippen molar-refractivity contribution in [3.63, 3.8) is 0 Å². The fourth-order valence-electron chi connectivity index (χ4n) is 2.75. The molecule has 0 aliphatic heterocycles. The van der Waals surface area contributed by atoms with E-state index in [1.807, 2.05) is 0 Å². The molecular formula is C15H21BrN2O3. The van der Waals surface area contributed by atoms with Crippen LogP contribution in [0.15, 0.2) is 27.6 Å². The van der Waals surface area contributed by atoms with Gasteiger partial charge in [0.05, 0.1) is 12.1 Å². The smallest absolute Gasteiger partial charge is 0.251 e. The summed E-state index contributed by atoms with van der Waals surface area (Å²) >= 11 is 3.28. The second-order valence-corrected chi connectivity index (χ2v) is 6.90. The Balaban J connectivity index is 2.03. The van der Waals surface area contributed by atoms with Gasteiger partial charge in [-0.15, -0.1) is 0 Å². The molecule has 0 radical (unpaired) electrons. The normalized spacial score (nSPS) is 25.6. The van der Waals surface area contributed by atoms with Crippen molar-refractivity contribution in [2.45, 2.75) is 44.7 Å². The summed E-state index contributed by atoms with van der Waals surface area (Å²) in [4.78, 5) is 23.9. The van der Waals surface area contributed by atoms with Crippen molar-refractivity contribution in [2.75, 3.05) is 6.61 Å². The number of carbonyl (C=O) groups excluding carboxylic acids is 1. The molecule has 1 heterocycles. The van der Waals surface area contributed by atoms with Gasteiger partial charge in [-0.2, -0.15) is 0 Å². The van der Waals surface area contributed by atoms with E-state index in [1.54, 1.807) is 12.3 Å². The molecule has 0 unspecified atom stereocenters. The highest BCUT2D eigenvalue weighted by Crippen LogP contribution is 2.31. The first-order valence-electron chi connectivity index (χ1n) is 7.22. The molecule has 6 heteroatoms. The summed E-state index contributed by atoms with van der Waals surface area (Å²) in [6.45, 7) is 2.10. The second kappa shape index (κ2) is 6.75. The van der Waals surface area contributed by atoms with Crippen molar-refractivity contribution in [2.24, 2.45) is 5.92 Å². The average Bonchev–Trinajstić information content (AvgIpc) is 2.46. The van der Waals surface area contributed by atoms with Crippen LogP contribution in [0.5, 0.6) is 0 Å². The molecule has 1 fully saturated rings. The quantitative estimate of drug-likeness (QED) is 0.861. The van der Waals surface area contributed by atoms with E-state index in [0.717, 1.165) is 30.2 Å².